The molecule has 12 heavy (non-hydrogen) atoms. The zero-order valence-electron chi connectivity index (χ0n) is 8.01. The first kappa shape index (κ1) is 9.96. The molecule has 0 aromatic heterocycles. The van der Waals surface area contributed by atoms with E-state index >= 15 is 0 Å². The molecule has 0 aromatic rings. The number of hydrogen-bond donors (Lipinski definition) is 1. The van der Waals surface area contributed by atoms with Crippen molar-refractivity contribution in [1.82, 2.24) is 5.32 Å². The largest absolute Gasteiger partial charge is 0.382 e. The minimum absolute atomic E-state index is 0.407. The van der Waals surface area contributed by atoms with E-state index in [9.17, 15) is 0 Å². The Hall–Kier alpha value is -0.120. The fourth-order valence-electron chi connectivity index (χ4n) is 1.52. The lowest BCUT2D eigenvalue weighted by molar-refractivity contribution is 0.0261. The van der Waals surface area contributed by atoms with Crippen molar-refractivity contribution < 1.29 is 9.47 Å². The number of hydrogen-bond acceptors (Lipinski definition) is 3. The van der Waals surface area contributed by atoms with Gasteiger partial charge < -0.3 is 14.8 Å². The highest BCUT2D eigenvalue weighted by atomic mass is 16.5. The van der Waals surface area contributed by atoms with E-state index in [1.807, 2.05) is 0 Å². The second-order valence-electron chi connectivity index (χ2n) is 3.23. The highest BCUT2D eigenvalue weighted by molar-refractivity contribution is 4.80. The summed E-state index contributed by atoms with van der Waals surface area (Å²) in [5.41, 5.74) is 0. The third kappa shape index (κ3) is 3.09. The Bertz CT molecular complexity index is 119. The fraction of sp³-hybridized carbons (Fsp3) is 1.00. The monoisotopic (exact) mass is 173 g/mol. The second kappa shape index (κ2) is 5.51. The first-order chi connectivity index (χ1) is 5.86. The van der Waals surface area contributed by atoms with E-state index in [0.717, 1.165) is 19.6 Å². The molecule has 0 radical (unpaired) electrons. The van der Waals surface area contributed by atoms with Gasteiger partial charge in [0.15, 0.2) is 0 Å². The van der Waals surface area contributed by atoms with Crippen molar-refractivity contribution in [2.45, 2.75) is 31.9 Å². The highest BCUT2D eigenvalue weighted by Crippen LogP contribution is 2.12. The maximum absolute atomic E-state index is 5.59. The minimum Gasteiger partial charge on any atom is -0.382 e. The van der Waals surface area contributed by atoms with Gasteiger partial charge >= 0.3 is 0 Å². The van der Waals surface area contributed by atoms with E-state index < -0.39 is 0 Å². The summed E-state index contributed by atoms with van der Waals surface area (Å²) in [6.45, 7) is 4.63. The fourth-order valence-corrected chi connectivity index (χ4v) is 1.52. The van der Waals surface area contributed by atoms with Crippen LogP contribution in [0.1, 0.15) is 19.8 Å². The summed E-state index contributed by atoms with van der Waals surface area (Å²) in [4.78, 5) is 0. The maximum atomic E-state index is 5.59. The molecule has 1 fully saturated rings. The van der Waals surface area contributed by atoms with Crippen LogP contribution >= 0.6 is 0 Å². The molecule has 1 aliphatic heterocycles. The van der Waals surface area contributed by atoms with E-state index in [4.69, 9.17) is 9.47 Å². The topological polar surface area (TPSA) is 30.5 Å². The Morgan fingerprint density at radius 3 is 2.83 bits per heavy atom. The molecule has 0 bridgehead atoms. The second-order valence-corrected chi connectivity index (χ2v) is 3.23. The lowest BCUT2D eigenvalue weighted by Gasteiger charge is -2.09. The minimum atomic E-state index is 0.407. The van der Waals surface area contributed by atoms with Crippen LogP contribution in [0.5, 0.6) is 0 Å². The Balaban J connectivity index is 2.03. The van der Waals surface area contributed by atoms with Gasteiger partial charge in [-0.15, -0.1) is 0 Å². The smallest absolute Gasteiger partial charge is 0.0715 e. The van der Waals surface area contributed by atoms with Gasteiger partial charge in [-0.3, -0.25) is 0 Å². The van der Waals surface area contributed by atoms with Crippen molar-refractivity contribution in [3.05, 3.63) is 0 Å². The van der Waals surface area contributed by atoms with Crippen LogP contribution < -0.4 is 5.32 Å². The summed E-state index contributed by atoms with van der Waals surface area (Å²) in [5.74, 6) is 0. The molecule has 72 valence electrons. The first-order valence-corrected chi connectivity index (χ1v) is 4.70. The SMILES string of the molecule is CC[C@H]1C[C@@H](OCCOC)CN1. The van der Waals surface area contributed by atoms with Gasteiger partial charge in [0.25, 0.3) is 0 Å². The van der Waals surface area contributed by atoms with Crippen LogP contribution in [-0.4, -0.2) is 39.0 Å². The molecule has 3 nitrogen and oxygen atoms in total. The first-order valence-electron chi connectivity index (χ1n) is 4.70. The molecule has 1 aliphatic rings. The Morgan fingerprint density at radius 2 is 2.25 bits per heavy atom. The van der Waals surface area contributed by atoms with Crippen LogP contribution in [0.15, 0.2) is 0 Å². The molecule has 0 saturated carbocycles. The third-order valence-electron chi connectivity index (χ3n) is 2.32. The molecular weight excluding hydrogens is 154 g/mol. The van der Waals surface area contributed by atoms with Crippen molar-refractivity contribution in [3.8, 4) is 0 Å². The van der Waals surface area contributed by atoms with Gasteiger partial charge in [0.2, 0.25) is 0 Å². The number of methoxy groups -OCH3 is 1. The van der Waals surface area contributed by atoms with E-state index in [1.165, 1.54) is 6.42 Å². The maximum Gasteiger partial charge on any atom is 0.0715 e. The summed E-state index contributed by atoms with van der Waals surface area (Å²) in [6.07, 6.45) is 2.76. The average Bonchev–Trinajstić information content (AvgIpc) is 2.53. The van der Waals surface area contributed by atoms with Gasteiger partial charge in [0.05, 0.1) is 19.3 Å². The Kier molecular flexibility index (Phi) is 4.58. The van der Waals surface area contributed by atoms with Crippen molar-refractivity contribution in [1.29, 1.82) is 0 Å². The molecule has 0 unspecified atom stereocenters. The predicted molar refractivity (Wildman–Crippen MR) is 48.3 cm³/mol. The van der Waals surface area contributed by atoms with Crippen LogP contribution in [0.4, 0.5) is 0 Å². The number of nitrogens with one attached hydrogen (secondary N) is 1. The van der Waals surface area contributed by atoms with Gasteiger partial charge in [0.1, 0.15) is 0 Å². The molecule has 0 spiro atoms. The van der Waals surface area contributed by atoms with Crippen LogP contribution in [0.2, 0.25) is 0 Å². The van der Waals surface area contributed by atoms with Crippen molar-refractivity contribution in [2.24, 2.45) is 0 Å². The zero-order chi connectivity index (χ0) is 8.81. The molecule has 3 heteroatoms. The molecular formula is C9H19NO2. The summed E-state index contributed by atoms with van der Waals surface area (Å²) < 4.78 is 10.5. The molecule has 0 aliphatic carbocycles. The van der Waals surface area contributed by atoms with Crippen molar-refractivity contribution in [2.75, 3.05) is 26.9 Å². The Morgan fingerprint density at radius 1 is 1.42 bits per heavy atom. The molecule has 0 amide bonds. The van der Waals surface area contributed by atoms with E-state index in [2.05, 4.69) is 12.2 Å². The van der Waals surface area contributed by atoms with Crippen LogP contribution in [0, 0.1) is 0 Å². The average molecular weight is 173 g/mol. The van der Waals surface area contributed by atoms with Gasteiger partial charge in [0, 0.05) is 19.7 Å². The predicted octanol–water partition coefficient (Wildman–Crippen LogP) is 0.790. The lowest BCUT2D eigenvalue weighted by atomic mass is 10.1. The van der Waals surface area contributed by atoms with E-state index in [1.54, 1.807) is 7.11 Å². The van der Waals surface area contributed by atoms with E-state index in [0.29, 0.717) is 18.8 Å². The lowest BCUT2D eigenvalue weighted by Crippen LogP contribution is -2.21. The van der Waals surface area contributed by atoms with Gasteiger partial charge in [-0.05, 0) is 12.8 Å². The summed E-state index contributed by atoms with van der Waals surface area (Å²) >= 11 is 0. The molecule has 1 heterocycles. The van der Waals surface area contributed by atoms with Crippen LogP contribution in [-0.2, 0) is 9.47 Å². The standard InChI is InChI=1S/C9H19NO2/c1-3-8-6-9(7-10-8)12-5-4-11-2/h8-10H,3-7H2,1-2H3/t8-,9+/m0/s1. The van der Waals surface area contributed by atoms with Crippen LogP contribution in [0.3, 0.4) is 0 Å². The number of ether oxygens (including phenoxy) is 2. The zero-order valence-corrected chi connectivity index (χ0v) is 8.01. The van der Waals surface area contributed by atoms with Gasteiger partial charge in [-0.2, -0.15) is 0 Å². The molecule has 1 N–H and O–H groups in total. The highest BCUT2D eigenvalue weighted by Gasteiger charge is 2.22. The summed E-state index contributed by atoms with van der Waals surface area (Å²) in [7, 11) is 1.70. The molecule has 0 aromatic carbocycles. The number of rotatable bonds is 5. The molecule has 1 rings (SSSR count). The van der Waals surface area contributed by atoms with E-state index in [-0.39, 0.29) is 0 Å². The van der Waals surface area contributed by atoms with Gasteiger partial charge in [-0.25, -0.2) is 0 Å². The molecule has 2 atom stereocenters. The normalized spacial score (nSPS) is 29.5. The Labute approximate surface area is 74.4 Å². The summed E-state index contributed by atoms with van der Waals surface area (Å²) in [6, 6.07) is 0.664. The van der Waals surface area contributed by atoms with Crippen molar-refractivity contribution in [3.63, 3.8) is 0 Å². The molecule has 1 saturated heterocycles. The third-order valence-corrected chi connectivity index (χ3v) is 2.32. The quantitative estimate of drug-likeness (QED) is 0.623. The van der Waals surface area contributed by atoms with Gasteiger partial charge in [-0.1, -0.05) is 6.92 Å². The van der Waals surface area contributed by atoms with Crippen molar-refractivity contribution >= 4 is 0 Å². The van der Waals surface area contributed by atoms with Crippen LogP contribution in [0.25, 0.3) is 0 Å². The summed E-state index contributed by atoms with van der Waals surface area (Å²) in [5, 5.41) is 3.42.